The zero-order chi connectivity index (χ0) is 6.91. The molecule has 5 heteroatoms. The summed E-state index contributed by atoms with van der Waals surface area (Å²) in [6, 6.07) is 0. The molecular weight excluding hydrogens is 184 g/mol. The predicted molar refractivity (Wildman–Crippen MR) is 38.5 cm³/mol. The molecule has 0 saturated carbocycles. The van der Waals surface area contributed by atoms with E-state index in [1.165, 1.54) is 0 Å². The summed E-state index contributed by atoms with van der Waals surface area (Å²) in [4.78, 5) is 3.81. The van der Waals surface area contributed by atoms with Gasteiger partial charge in [-0.1, -0.05) is 34.8 Å². The first-order valence-electron chi connectivity index (χ1n) is 2.35. The molecule has 52 valence electrons. The second-order valence-corrected chi connectivity index (χ2v) is 3.81. The molecule has 0 amide bonds. The van der Waals surface area contributed by atoms with Crippen LogP contribution < -0.4 is 0 Å². The van der Waals surface area contributed by atoms with Crippen LogP contribution in [-0.4, -0.2) is 22.8 Å². The number of ether oxygens (including phenoxy) is 1. The first-order valence-corrected chi connectivity index (χ1v) is 3.48. The fraction of sp³-hybridized carbons (Fsp3) is 0.750. The van der Waals surface area contributed by atoms with Crippen molar-refractivity contribution in [3.8, 4) is 0 Å². The first kappa shape index (κ1) is 7.45. The van der Waals surface area contributed by atoms with Crippen LogP contribution in [0.5, 0.6) is 0 Å². The standard InChI is InChI=1S/C4H4Cl3NO/c5-4(6,7)3-8-1-2-9-3/h1-2H2. The summed E-state index contributed by atoms with van der Waals surface area (Å²) in [5.74, 6) is 0.201. The number of hydrogen-bond donors (Lipinski definition) is 0. The van der Waals surface area contributed by atoms with Gasteiger partial charge in [0.05, 0.1) is 6.54 Å². The van der Waals surface area contributed by atoms with E-state index >= 15 is 0 Å². The highest BCUT2D eigenvalue weighted by atomic mass is 35.6. The van der Waals surface area contributed by atoms with Crippen molar-refractivity contribution in [1.82, 2.24) is 0 Å². The molecule has 0 bridgehead atoms. The highest BCUT2D eigenvalue weighted by molar-refractivity contribution is 6.76. The Morgan fingerprint density at radius 1 is 1.44 bits per heavy atom. The molecule has 0 fully saturated rings. The maximum Gasteiger partial charge on any atom is 0.266 e. The smallest absolute Gasteiger partial charge is 0.266 e. The molecule has 1 heterocycles. The second-order valence-electron chi connectivity index (χ2n) is 1.53. The zero-order valence-corrected chi connectivity index (χ0v) is 6.67. The molecular formula is C4H4Cl3NO. The number of nitrogens with zero attached hydrogens (tertiary/aromatic N) is 1. The van der Waals surface area contributed by atoms with Gasteiger partial charge in [0.2, 0.25) is 5.90 Å². The normalized spacial score (nSPS) is 19.2. The lowest BCUT2D eigenvalue weighted by molar-refractivity contribution is 0.341. The van der Waals surface area contributed by atoms with Crippen LogP contribution in [0.15, 0.2) is 4.99 Å². The Bertz CT molecular complexity index is 139. The minimum atomic E-state index is -1.48. The number of halogens is 3. The Morgan fingerprint density at radius 3 is 2.33 bits per heavy atom. The van der Waals surface area contributed by atoms with Crippen molar-refractivity contribution in [1.29, 1.82) is 0 Å². The average Bonchev–Trinajstić information content (AvgIpc) is 2.08. The maximum absolute atomic E-state index is 5.41. The fourth-order valence-corrected chi connectivity index (χ4v) is 0.850. The zero-order valence-electron chi connectivity index (χ0n) is 4.40. The second kappa shape index (κ2) is 2.52. The van der Waals surface area contributed by atoms with Crippen LogP contribution in [0.1, 0.15) is 0 Å². The van der Waals surface area contributed by atoms with E-state index < -0.39 is 3.79 Å². The molecule has 2 nitrogen and oxygen atoms in total. The van der Waals surface area contributed by atoms with Gasteiger partial charge >= 0.3 is 0 Å². The van der Waals surface area contributed by atoms with Crippen molar-refractivity contribution in [2.75, 3.05) is 13.2 Å². The van der Waals surface area contributed by atoms with Crippen LogP contribution in [0.3, 0.4) is 0 Å². The third-order valence-corrected chi connectivity index (χ3v) is 1.31. The monoisotopic (exact) mass is 187 g/mol. The van der Waals surface area contributed by atoms with Gasteiger partial charge in [0.25, 0.3) is 3.79 Å². The molecule has 0 N–H and O–H groups in total. The van der Waals surface area contributed by atoms with Crippen LogP contribution in [-0.2, 0) is 4.74 Å². The van der Waals surface area contributed by atoms with E-state index in [-0.39, 0.29) is 5.90 Å². The summed E-state index contributed by atoms with van der Waals surface area (Å²) in [5, 5.41) is 0. The fourth-order valence-electron chi connectivity index (χ4n) is 0.507. The molecule has 0 aliphatic carbocycles. The Kier molecular flexibility index (Phi) is 2.09. The molecule has 0 aromatic carbocycles. The highest BCUT2D eigenvalue weighted by Gasteiger charge is 2.31. The third-order valence-electron chi connectivity index (χ3n) is 0.828. The minimum absolute atomic E-state index is 0.201. The number of aliphatic imine (C=N–C) groups is 1. The average molecular weight is 188 g/mol. The molecule has 0 saturated heterocycles. The molecule has 1 rings (SSSR count). The summed E-state index contributed by atoms with van der Waals surface area (Å²) in [5.41, 5.74) is 0. The maximum atomic E-state index is 5.41. The van der Waals surface area contributed by atoms with Gasteiger partial charge in [0.15, 0.2) is 0 Å². The SMILES string of the molecule is ClC(Cl)(Cl)C1=NCCO1. The van der Waals surface area contributed by atoms with Crippen LogP contribution in [0.4, 0.5) is 0 Å². The van der Waals surface area contributed by atoms with E-state index in [4.69, 9.17) is 39.5 Å². The van der Waals surface area contributed by atoms with Gasteiger partial charge in [-0.15, -0.1) is 0 Å². The summed E-state index contributed by atoms with van der Waals surface area (Å²) in [6.07, 6.45) is 0. The van der Waals surface area contributed by atoms with Crippen molar-refractivity contribution in [3.63, 3.8) is 0 Å². The molecule has 0 aromatic rings. The van der Waals surface area contributed by atoms with Gasteiger partial charge < -0.3 is 4.74 Å². The van der Waals surface area contributed by atoms with Crippen molar-refractivity contribution < 1.29 is 4.74 Å². The quantitative estimate of drug-likeness (QED) is 0.531. The molecule has 0 spiro atoms. The van der Waals surface area contributed by atoms with Gasteiger partial charge in [-0.3, -0.25) is 0 Å². The van der Waals surface area contributed by atoms with Crippen molar-refractivity contribution in [2.24, 2.45) is 4.99 Å². The number of rotatable bonds is 0. The van der Waals surface area contributed by atoms with Crippen LogP contribution >= 0.6 is 34.8 Å². The first-order chi connectivity index (χ1) is 4.11. The lowest BCUT2D eigenvalue weighted by atomic mass is 10.7. The lowest BCUT2D eigenvalue weighted by Gasteiger charge is -2.08. The van der Waals surface area contributed by atoms with Gasteiger partial charge in [-0.25, -0.2) is 4.99 Å². The molecule has 0 unspecified atom stereocenters. The Labute approximate surface area is 67.7 Å². The molecule has 0 aromatic heterocycles. The highest BCUT2D eigenvalue weighted by Crippen LogP contribution is 2.29. The van der Waals surface area contributed by atoms with E-state index in [0.29, 0.717) is 13.2 Å². The number of alkyl halides is 3. The van der Waals surface area contributed by atoms with E-state index in [2.05, 4.69) is 4.99 Å². The summed E-state index contributed by atoms with van der Waals surface area (Å²) >= 11 is 16.2. The topological polar surface area (TPSA) is 21.6 Å². The molecule has 1 aliphatic heterocycles. The molecule has 1 aliphatic rings. The van der Waals surface area contributed by atoms with Crippen molar-refractivity contribution in [3.05, 3.63) is 0 Å². The minimum Gasteiger partial charge on any atom is -0.476 e. The van der Waals surface area contributed by atoms with Gasteiger partial charge in [-0.2, -0.15) is 0 Å². The van der Waals surface area contributed by atoms with Crippen LogP contribution in [0.2, 0.25) is 0 Å². The molecule has 0 radical (unpaired) electrons. The Hall–Kier alpha value is 0.340. The van der Waals surface area contributed by atoms with E-state index in [1.807, 2.05) is 0 Å². The van der Waals surface area contributed by atoms with E-state index in [0.717, 1.165) is 0 Å². The van der Waals surface area contributed by atoms with Crippen LogP contribution in [0.25, 0.3) is 0 Å². The van der Waals surface area contributed by atoms with Gasteiger partial charge in [0, 0.05) is 0 Å². The van der Waals surface area contributed by atoms with Crippen LogP contribution in [0, 0.1) is 0 Å². The summed E-state index contributed by atoms with van der Waals surface area (Å²) in [7, 11) is 0. The molecule has 0 atom stereocenters. The molecule has 9 heavy (non-hydrogen) atoms. The van der Waals surface area contributed by atoms with Gasteiger partial charge in [0.1, 0.15) is 6.61 Å². The predicted octanol–water partition coefficient (Wildman–Crippen LogP) is 1.79. The van der Waals surface area contributed by atoms with Crippen molar-refractivity contribution >= 4 is 40.7 Å². The number of hydrogen-bond acceptors (Lipinski definition) is 2. The van der Waals surface area contributed by atoms with E-state index in [9.17, 15) is 0 Å². The third kappa shape index (κ3) is 1.88. The van der Waals surface area contributed by atoms with Crippen molar-refractivity contribution in [2.45, 2.75) is 3.79 Å². The summed E-state index contributed by atoms with van der Waals surface area (Å²) < 4.78 is 3.40. The largest absolute Gasteiger partial charge is 0.476 e. The lowest BCUT2D eigenvalue weighted by Crippen LogP contribution is -2.18. The van der Waals surface area contributed by atoms with E-state index in [1.54, 1.807) is 0 Å². The van der Waals surface area contributed by atoms with Gasteiger partial charge in [-0.05, 0) is 0 Å². The Morgan fingerprint density at radius 2 is 2.11 bits per heavy atom. The Balaban J connectivity index is 2.61. The summed E-state index contributed by atoms with van der Waals surface area (Å²) in [6.45, 7) is 1.10.